The molecule has 228 valence electrons. The van der Waals surface area contributed by atoms with Crippen molar-refractivity contribution < 1.29 is 33.4 Å². The molecular weight excluding hydrogens is 564 g/mol. The lowest BCUT2D eigenvalue weighted by Gasteiger charge is -2.16. The molecule has 0 radical (unpaired) electrons. The van der Waals surface area contributed by atoms with Crippen molar-refractivity contribution in [2.75, 3.05) is 37.4 Å². The number of H-pyrrole nitrogens is 1. The molecule has 6 N–H and O–H groups in total. The summed E-state index contributed by atoms with van der Waals surface area (Å²) in [5.74, 6) is -3.78. The largest absolute Gasteiger partial charge is 0.464 e. The van der Waals surface area contributed by atoms with E-state index in [1.54, 1.807) is 12.1 Å². The predicted molar refractivity (Wildman–Crippen MR) is 152 cm³/mol. The highest BCUT2D eigenvalue weighted by molar-refractivity contribution is 6.10. The summed E-state index contributed by atoms with van der Waals surface area (Å²) < 4.78 is 9.57. The number of nitrogens with one attached hydrogen (secondary N) is 4. The lowest BCUT2D eigenvalue weighted by molar-refractivity contribution is -0.142. The second-order valence-electron chi connectivity index (χ2n) is 9.19. The van der Waals surface area contributed by atoms with Gasteiger partial charge in [-0.05, 0) is 30.7 Å². The lowest BCUT2D eigenvalue weighted by atomic mass is 9.92. The number of carbonyl (C=O) groups excluding carboxylic acids is 5. The molecule has 1 unspecified atom stereocenters. The van der Waals surface area contributed by atoms with E-state index in [1.807, 2.05) is 0 Å². The highest BCUT2D eigenvalue weighted by atomic mass is 16.5. The third-order valence-electron chi connectivity index (χ3n) is 5.86. The molecule has 3 rings (SSSR count). The zero-order valence-corrected chi connectivity index (χ0v) is 23.6. The van der Waals surface area contributed by atoms with E-state index in [1.165, 1.54) is 32.2 Å². The number of hydrogen-bond donors (Lipinski definition) is 5. The Bertz CT molecular complexity index is 1540. The van der Waals surface area contributed by atoms with Gasteiger partial charge in [-0.25, -0.2) is 9.97 Å². The third kappa shape index (κ3) is 10.2. The van der Waals surface area contributed by atoms with Crippen LogP contribution in [-0.4, -0.2) is 75.8 Å². The van der Waals surface area contributed by atoms with E-state index in [-0.39, 0.29) is 68.4 Å². The van der Waals surface area contributed by atoms with Gasteiger partial charge >= 0.3 is 11.9 Å². The molecule has 3 aromatic rings. The number of anilines is 2. The van der Waals surface area contributed by atoms with Gasteiger partial charge in [-0.15, -0.1) is 0 Å². The van der Waals surface area contributed by atoms with Crippen LogP contribution in [0.1, 0.15) is 42.7 Å². The minimum atomic E-state index is -1.19. The summed E-state index contributed by atoms with van der Waals surface area (Å²) in [5.41, 5.74) is 6.50. The van der Waals surface area contributed by atoms with Gasteiger partial charge in [0.05, 0.1) is 31.5 Å². The summed E-state index contributed by atoms with van der Waals surface area (Å²) in [6.07, 6.45) is 1.24. The zero-order chi connectivity index (χ0) is 31.4. The van der Waals surface area contributed by atoms with E-state index in [0.29, 0.717) is 11.4 Å². The SMILES string of the molecule is CC(=O)OCCNC(=O)CCC(C(=O)NCCOC(C)=O)C(=O)c1ccc(NCc2cnc3nc(N)[nH]c(=O)c3n2)cc1. The first-order chi connectivity index (χ1) is 20.5. The minimum absolute atomic E-state index is 0.00148. The maximum Gasteiger partial charge on any atom is 0.302 e. The van der Waals surface area contributed by atoms with Crippen LogP contribution >= 0.6 is 0 Å². The topological polar surface area (TPSA) is 237 Å². The summed E-state index contributed by atoms with van der Waals surface area (Å²) in [5, 5.41) is 8.24. The number of nitrogens with two attached hydrogens (primary N) is 1. The second-order valence-corrected chi connectivity index (χ2v) is 9.19. The van der Waals surface area contributed by atoms with Gasteiger partial charge in [0, 0.05) is 31.5 Å². The van der Waals surface area contributed by atoms with E-state index in [2.05, 4.69) is 35.9 Å². The van der Waals surface area contributed by atoms with Gasteiger partial charge in [0.2, 0.25) is 17.8 Å². The second kappa shape index (κ2) is 15.6. The molecule has 0 spiro atoms. The van der Waals surface area contributed by atoms with E-state index in [9.17, 15) is 28.8 Å². The summed E-state index contributed by atoms with van der Waals surface area (Å²) in [7, 11) is 0. The molecule has 0 aliphatic heterocycles. The molecule has 2 heterocycles. The monoisotopic (exact) mass is 596 g/mol. The molecule has 2 aromatic heterocycles. The molecule has 1 atom stereocenters. The average Bonchev–Trinajstić information content (AvgIpc) is 2.96. The van der Waals surface area contributed by atoms with Crippen molar-refractivity contribution in [1.82, 2.24) is 30.6 Å². The Balaban J connectivity index is 1.63. The molecular formula is C27H32N8O8. The number of nitrogens with zero attached hydrogens (tertiary/aromatic N) is 3. The number of ether oxygens (including phenoxy) is 2. The number of ketones is 1. The molecule has 16 nitrogen and oxygen atoms in total. The van der Waals surface area contributed by atoms with Gasteiger partial charge in [-0.2, -0.15) is 4.98 Å². The van der Waals surface area contributed by atoms with Crippen molar-refractivity contribution >= 4 is 52.3 Å². The molecule has 0 saturated heterocycles. The van der Waals surface area contributed by atoms with Crippen LogP contribution in [0.25, 0.3) is 11.2 Å². The minimum Gasteiger partial charge on any atom is -0.464 e. The maximum atomic E-state index is 13.3. The number of nitrogen functional groups attached to an aromatic ring is 1. The predicted octanol–water partition coefficient (Wildman–Crippen LogP) is -0.155. The quantitative estimate of drug-likeness (QED) is 0.0664. The van der Waals surface area contributed by atoms with Gasteiger partial charge < -0.3 is 31.2 Å². The van der Waals surface area contributed by atoms with Crippen LogP contribution in [0.4, 0.5) is 11.6 Å². The highest BCUT2D eigenvalue weighted by Crippen LogP contribution is 2.18. The number of benzene rings is 1. The standard InChI is InChI=1S/C27H32N8O8/c1-15(36)42-11-9-29-21(38)8-7-20(25(40)30-10-12-43-16(2)37)23(39)17-3-5-18(6-4-17)31-13-19-14-32-24-22(33-19)26(41)35-27(28)34-24/h3-6,14,20,31H,7-13H2,1-2H3,(H,29,38)(H,30,40)(H3,28,32,34,35,41). The number of amides is 2. The first kappa shape index (κ1) is 32.1. The Morgan fingerprint density at radius 3 is 2.26 bits per heavy atom. The third-order valence-corrected chi connectivity index (χ3v) is 5.86. The number of Topliss-reactive ketones (excluding diaryl/α,β-unsaturated/α-hetero) is 1. The number of fused-ring (bicyclic) bond motifs is 1. The number of aromatic amines is 1. The molecule has 0 fully saturated rings. The van der Waals surface area contributed by atoms with E-state index in [0.717, 1.165) is 0 Å². The van der Waals surface area contributed by atoms with Gasteiger partial charge in [-0.3, -0.25) is 33.8 Å². The number of aromatic nitrogens is 4. The first-order valence-electron chi connectivity index (χ1n) is 13.2. The van der Waals surface area contributed by atoms with Crippen molar-refractivity contribution in [2.45, 2.75) is 33.2 Å². The van der Waals surface area contributed by atoms with E-state index in [4.69, 9.17) is 15.2 Å². The van der Waals surface area contributed by atoms with Crippen LogP contribution in [0.5, 0.6) is 0 Å². The van der Waals surface area contributed by atoms with E-state index < -0.39 is 41.0 Å². The van der Waals surface area contributed by atoms with Crippen LogP contribution in [0, 0.1) is 5.92 Å². The Morgan fingerprint density at radius 1 is 0.953 bits per heavy atom. The summed E-state index contributed by atoms with van der Waals surface area (Å²) >= 11 is 0. The van der Waals surface area contributed by atoms with Crippen molar-refractivity contribution in [3.8, 4) is 0 Å². The molecule has 0 aliphatic carbocycles. The summed E-state index contributed by atoms with van der Waals surface area (Å²) in [6, 6.07) is 6.33. The molecule has 0 aliphatic rings. The molecule has 0 bridgehead atoms. The van der Waals surface area contributed by atoms with Gasteiger partial charge in [0.1, 0.15) is 19.1 Å². The van der Waals surface area contributed by atoms with E-state index >= 15 is 0 Å². The lowest BCUT2D eigenvalue weighted by Crippen LogP contribution is -2.38. The molecule has 1 aromatic carbocycles. The van der Waals surface area contributed by atoms with Gasteiger partial charge in [0.15, 0.2) is 16.9 Å². The Labute approximate surface area is 245 Å². The normalized spacial score (nSPS) is 11.3. The van der Waals surface area contributed by atoms with Gasteiger partial charge in [0.25, 0.3) is 5.56 Å². The molecule has 0 saturated carbocycles. The maximum absolute atomic E-state index is 13.3. The van der Waals surface area contributed by atoms with Crippen molar-refractivity contribution in [3.05, 3.63) is 52.1 Å². The fourth-order valence-corrected chi connectivity index (χ4v) is 3.82. The number of carbonyl (C=O) groups is 5. The van der Waals surface area contributed by atoms with Crippen LogP contribution in [0.3, 0.4) is 0 Å². The van der Waals surface area contributed by atoms with Crippen molar-refractivity contribution in [2.24, 2.45) is 5.92 Å². The Morgan fingerprint density at radius 2 is 1.60 bits per heavy atom. The summed E-state index contributed by atoms with van der Waals surface area (Å²) in [4.78, 5) is 87.0. The van der Waals surface area contributed by atoms with Gasteiger partial charge in [-0.1, -0.05) is 0 Å². The Kier molecular flexibility index (Phi) is 11.6. The van der Waals surface area contributed by atoms with Crippen molar-refractivity contribution in [3.63, 3.8) is 0 Å². The number of esters is 2. The molecule has 43 heavy (non-hydrogen) atoms. The highest BCUT2D eigenvalue weighted by Gasteiger charge is 2.28. The van der Waals surface area contributed by atoms with Crippen LogP contribution in [0.2, 0.25) is 0 Å². The van der Waals surface area contributed by atoms with Crippen LogP contribution in [0.15, 0.2) is 35.3 Å². The fraction of sp³-hybridized carbons (Fsp3) is 0.370. The fourth-order valence-electron chi connectivity index (χ4n) is 3.82. The number of hydrogen-bond acceptors (Lipinski definition) is 13. The number of rotatable bonds is 15. The zero-order valence-electron chi connectivity index (χ0n) is 23.6. The molecule has 16 heteroatoms. The Hall–Kier alpha value is -5.41. The first-order valence-corrected chi connectivity index (χ1v) is 13.2. The molecule has 2 amide bonds. The summed E-state index contributed by atoms with van der Waals surface area (Å²) in [6.45, 7) is 2.70. The van der Waals surface area contributed by atoms with Crippen molar-refractivity contribution in [1.29, 1.82) is 0 Å². The van der Waals surface area contributed by atoms with Crippen LogP contribution < -0.4 is 27.2 Å². The average molecular weight is 597 g/mol. The smallest absolute Gasteiger partial charge is 0.302 e. The van der Waals surface area contributed by atoms with Crippen LogP contribution in [-0.2, 0) is 35.2 Å².